The first-order valence-electron chi connectivity index (χ1n) is 10.5. The molecule has 8 heteroatoms. The Bertz CT molecular complexity index is 1200. The number of nitrogens with zero attached hydrogens (tertiary/aromatic N) is 1. The lowest BCUT2D eigenvalue weighted by atomic mass is 10.2. The van der Waals surface area contributed by atoms with Crippen molar-refractivity contribution < 1.29 is 17.9 Å². The number of carbonyl (C=O) groups excluding carboxylic acids is 1. The standard InChI is InChI=1S/C25H29N3O4S/c1-18-10-13-21(14-11-18)27-33(30,31)24-16-20(12-15-23(24)32-4)25(29)26-17-19(2)28(3)22-8-6-5-7-9-22/h5-16,19,27H,17H2,1-4H3,(H,26,29). The molecule has 0 saturated carbocycles. The van der Waals surface area contributed by atoms with Crippen LogP contribution in [0.25, 0.3) is 0 Å². The number of aryl methyl sites for hydroxylation is 1. The van der Waals surface area contributed by atoms with E-state index < -0.39 is 10.0 Å². The van der Waals surface area contributed by atoms with E-state index in [9.17, 15) is 13.2 Å². The molecule has 3 rings (SSSR count). The van der Waals surface area contributed by atoms with Gasteiger partial charge in [0.05, 0.1) is 7.11 Å². The maximum atomic E-state index is 13.0. The second-order valence-electron chi connectivity index (χ2n) is 7.84. The Balaban J connectivity index is 1.75. The summed E-state index contributed by atoms with van der Waals surface area (Å²) in [5.74, 6) is -0.207. The minimum atomic E-state index is -3.97. The molecule has 0 aliphatic carbocycles. The number of nitrogens with one attached hydrogen (secondary N) is 2. The molecule has 3 aromatic carbocycles. The smallest absolute Gasteiger partial charge is 0.265 e. The van der Waals surface area contributed by atoms with Crippen LogP contribution in [-0.4, -0.2) is 41.1 Å². The van der Waals surface area contributed by atoms with Gasteiger partial charge in [-0.05, 0) is 56.3 Å². The molecule has 7 nitrogen and oxygen atoms in total. The van der Waals surface area contributed by atoms with E-state index in [-0.39, 0.29) is 28.2 Å². The van der Waals surface area contributed by atoms with Crippen LogP contribution in [0.1, 0.15) is 22.8 Å². The molecular formula is C25H29N3O4S. The van der Waals surface area contributed by atoms with Crippen LogP contribution >= 0.6 is 0 Å². The van der Waals surface area contributed by atoms with Crippen molar-refractivity contribution in [3.05, 3.63) is 83.9 Å². The number of hydrogen-bond acceptors (Lipinski definition) is 5. The van der Waals surface area contributed by atoms with Crippen molar-refractivity contribution in [1.29, 1.82) is 0 Å². The van der Waals surface area contributed by atoms with Gasteiger partial charge in [-0.2, -0.15) is 0 Å². The number of ether oxygens (including phenoxy) is 1. The van der Waals surface area contributed by atoms with Gasteiger partial charge in [-0.3, -0.25) is 9.52 Å². The summed E-state index contributed by atoms with van der Waals surface area (Å²) in [5.41, 5.74) is 2.71. The molecule has 0 radical (unpaired) electrons. The topological polar surface area (TPSA) is 87.7 Å². The fraction of sp³-hybridized carbons (Fsp3) is 0.240. The molecule has 0 aromatic heterocycles. The minimum Gasteiger partial charge on any atom is -0.495 e. The molecule has 3 aromatic rings. The Morgan fingerprint density at radius 3 is 2.33 bits per heavy atom. The fourth-order valence-electron chi connectivity index (χ4n) is 3.26. The van der Waals surface area contributed by atoms with Crippen molar-refractivity contribution >= 4 is 27.3 Å². The highest BCUT2D eigenvalue weighted by Gasteiger charge is 2.22. The molecule has 0 aliphatic heterocycles. The number of para-hydroxylation sites is 1. The van der Waals surface area contributed by atoms with E-state index in [2.05, 4.69) is 14.9 Å². The molecule has 0 saturated heterocycles. The van der Waals surface area contributed by atoms with Gasteiger partial charge in [0.2, 0.25) is 0 Å². The number of carbonyl (C=O) groups is 1. The van der Waals surface area contributed by atoms with Gasteiger partial charge in [-0.1, -0.05) is 35.9 Å². The molecule has 1 atom stereocenters. The lowest BCUT2D eigenvalue weighted by Crippen LogP contribution is -2.40. The Labute approximate surface area is 195 Å². The summed E-state index contributed by atoms with van der Waals surface area (Å²) in [6.07, 6.45) is 0. The molecule has 0 fully saturated rings. The van der Waals surface area contributed by atoms with E-state index in [1.165, 1.54) is 19.2 Å². The molecule has 0 spiro atoms. The second-order valence-corrected chi connectivity index (χ2v) is 9.49. The number of hydrogen-bond donors (Lipinski definition) is 2. The van der Waals surface area contributed by atoms with E-state index in [0.29, 0.717) is 12.2 Å². The van der Waals surface area contributed by atoms with Gasteiger partial charge in [-0.15, -0.1) is 0 Å². The van der Waals surface area contributed by atoms with E-state index in [1.807, 2.05) is 63.4 Å². The van der Waals surface area contributed by atoms with Gasteiger partial charge in [-0.25, -0.2) is 8.42 Å². The van der Waals surface area contributed by atoms with E-state index in [1.54, 1.807) is 18.2 Å². The summed E-state index contributed by atoms with van der Waals surface area (Å²) in [4.78, 5) is 14.8. The quantitative estimate of drug-likeness (QED) is 0.496. The normalized spacial score (nSPS) is 12.0. The predicted octanol–water partition coefficient (Wildman–Crippen LogP) is 4.06. The number of amides is 1. The number of benzene rings is 3. The maximum absolute atomic E-state index is 13.0. The van der Waals surface area contributed by atoms with Crippen molar-refractivity contribution in [2.45, 2.75) is 24.8 Å². The fourth-order valence-corrected chi connectivity index (χ4v) is 4.51. The first kappa shape index (κ1) is 24.1. The van der Waals surface area contributed by atoms with Crippen LogP contribution in [0.5, 0.6) is 5.75 Å². The van der Waals surface area contributed by atoms with Gasteiger partial charge in [0, 0.05) is 36.6 Å². The van der Waals surface area contributed by atoms with Crippen molar-refractivity contribution in [2.75, 3.05) is 30.3 Å². The molecule has 0 bridgehead atoms. The minimum absolute atomic E-state index is 0.0287. The van der Waals surface area contributed by atoms with E-state index in [4.69, 9.17) is 4.74 Å². The van der Waals surface area contributed by atoms with E-state index in [0.717, 1.165) is 11.3 Å². The van der Waals surface area contributed by atoms with Crippen LogP contribution < -0.4 is 19.7 Å². The first-order chi connectivity index (χ1) is 15.7. The summed E-state index contributed by atoms with van der Waals surface area (Å²) in [7, 11) is -0.620. The monoisotopic (exact) mass is 467 g/mol. The van der Waals surface area contributed by atoms with Gasteiger partial charge >= 0.3 is 0 Å². The third kappa shape index (κ3) is 6.04. The zero-order valence-electron chi connectivity index (χ0n) is 19.2. The van der Waals surface area contributed by atoms with Crippen molar-refractivity contribution in [3.8, 4) is 5.75 Å². The highest BCUT2D eigenvalue weighted by Crippen LogP contribution is 2.27. The largest absolute Gasteiger partial charge is 0.495 e. The van der Waals surface area contributed by atoms with Gasteiger partial charge in [0.15, 0.2) is 0 Å². The predicted molar refractivity (Wildman–Crippen MR) is 132 cm³/mol. The molecule has 0 heterocycles. The van der Waals surface area contributed by atoms with Crippen LogP contribution in [-0.2, 0) is 10.0 Å². The third-order valence-corrected chi connectivity index (χ3v) is 6.80. The molecule has 1 unspecified atom stereocenters. The Hall–Kier alpha value is -3.52. The number of methoxy groups -OCH3 is 1. The zero-order valence-corrected chi connectivity index (χ0v) is 20.0. The van der Waals surface area contributed by atoms with Crippen LogP contribution in [0, 0.1) is 6.92 Å². The number of likely N-dealkylation sites (N-methyl/N-ethyl adjacent to an activating group) is 1. The van der Waals surface area contributed by atoms with Gasteiger partial charge in [0.1, 0.15) is 10.6 Å². The zero-order chi connectivity index (χ0) is 24.0. The summed E-state index contributed by atoms with van der Waals surface area (Å²) >= 11 is 0. The third-order valence-electron chi connectivity index (χ3n) is 5.40. The second kappa shape index (κ2) is 10.4. The average Bonchev–Trinajstić information content (AvgIpc) is 2.83. The van der Waals surface area contributed by atoms with Crippen LogP contribution in [0.2, 0.25) is 0 Å². The number of rotatable bonds is 9. The van der Waals surface area contributed by atoms with Gasteiger partial charge < -0.3 is 15.0 Å². The van der Waals surface area contributed by atoms with Crippen molar-refractivity contribution in [2.24, 2.45) is 0 Å². The lowest BCUT2D eigenvalue weighted by molar-refractivity contribution is 0.0951. The van der Waals surface area contributed by atoms with Crippen molar-refractivity contribution in [3.63, 3.8) is 0 Å². The highest BCUT2D eigenvalue weighted by molar-refractivity contribution is 7.92. The lowest BCUT2D eigenvalue weighted by Gasteiger charge is -2.27. The summed E-state index contributed by atoms with van der Waals surface area (Å²) < 4.78 is 33.8. The molecule has 2 N–H and O–H groups in total. The summed E-state index contributed by atoms with van der Waals surface area (Å²) in [6, 6.07) is 21.2. The molecule has 174 valence electrons. The Kier molecular flexibility index (Phi) is 7.60. The average molecular weight is 468 g/mol. The Morgan fingerprint density at radius 2 is 1.70 bits per heavy atom. The van der Waals surface area contributed by atoms with Crippen LogP contribution in [0.4, 0.5) is 11.4 Å². The van der Waals surface area contributed by atoms with Gasteiger partial charge in [0.25, 0.3) is 15.9 Å². The first-order valence-corrected chi connectivity index (χ1v) is 12.0. The molecule has 1 amide bonds. The van der Waals surface area contributed by atoms with Crippen molar-refractivity contribution in [1.82, 2.24) is 5.32 Å². The number of anilines is 2. The molecular weight excluding hydrogens is 438 g/mol. The highest BCUT2D eigenvalue weighted by atomic mass is 32.2. The molecule has 33 heavy (non-hydrogen) atoms. The maximum Gasteiger partial charge on any atom is 0.265 e. The summed E-state index contributed by atoms with van der Waals surface area (Å²) in [5, 5.41) is 2.88. The number of sulfonamides is 1. The summed E-state index contributed by atoms with van der Waals surface area (Å²) in [6.45, 7) is 4.31. The Morgan fingerprint density at radius 1 is 1.03 bits per heavy atom. The van der Waals surface area contributed by atoms with Crippen LogP contribution in [0.15, 0.2) is 77.7 Å². The van der Waals surface area contributed by atoms with Crippen LogP contribution in [0.3, 0.4) is 0 Å². The SMILES string of the molecule is COc1ccc(C(=O)NCC(C)N(C)c2ccccc2)cc1S(=O)(=O)Nc1ccc(C)cc1. The molecule has 0 aliphatic rings. The van der Waals surface area contributed by atoms with E-state index >= 15 is 0 Å².